The molecule has 92 valence electrons. The zero-order valence-corrected chi connectivity index (χ0v) is 10.4. The van der Waals surface area contributed by atoms with Crippen molar-refractivity contribution in [2.24, 2.45) is 5.92 Å². The molecule has 0 spiro atoms. The number of carbonyl (C=O) groups excluding carboxylic acids is 1. The summed E-state index contributed by atoms with van der Waals surface area (Å²) >= 11 is 1.59. The van der Waals surface area contributed by atoms with Crippen LogP contribution < -0.4 is 5.32 Å². The number of carbonyl (C=O) groups is 2. The summed E-state index contributed by atoms with van der Waals surface area (Å²) in [4.78, 5) is 22.7. The third-order valence-corrected chi connectivity index (χ3v) is 3.60. The number of hydrogen-bond acceptors (Lipinski definition) is 3. The van der Waals surface area contributed by atoms with E-state index >= 15 is 0 Å². The number of nitrogens with one attached hydrogen (secondary N) is 1. The topological polar surface area (TPSA) is 66.4 Å². The summed E-state index contributed by atoms with van der Waals surface area (Å²) in [6.45, 7) is 0. The molecule has 1 aliphatic rings. The molecule has 0 radical (unpaired) electrons. The predicted octanol–water partition coefficient (Wildman–Crippen LogP) is 1.50. The number of thioether (sulfide) groups is 1. The Morgan fingerprint density at radius 3 is 2.56 bits per heavy atom. The van der Waals surface area contributed by atoms with Crippen molar-refractivity contribution in [3.05, 3.63) is 0 Å². The highest BCUT2D eigenvalue weighted by molar-refractivity contribution is 7.98. The maximum absolute atomic E-state index is 11.7. The predicted molar refractivity (Wildman–Crippen MR) is 64.5 cm³/mol. The Hall–Kier alpha value is -0.710. The second-order valence-electron chi connectivity index (χ2n) is 4.16. The lowest BCUT2D eigenvalue weighted by molar-refractivity contribution is -0.142. The molecule has 1 rings (SSSR count). The maximum Gasteiger partial charge on any atom is 0.326 e. The van der Waals surface area contributed by atoms with Gasteiger partial charge in [0, 0.05) is 5.92 Å². The Morgan fingerprint density at radius 1 is 1.44 bits per heavy atom. The summed E-state index contributed by atoms with van der Waals surface area (Å²) in [5.41, 5.74) is 0. The molecule has 0 bridgehead atoms. The smallest absolute Gasteiger partial charge is 0.326 e. The van der Waals surface area contributed by atoms with Gasteiger partial charge in [-0.15, -0.1) is 0 Å². The van der Waals surface area contributed by atoms with Gasteiger partial charge >= 0.3 is 5.97 Å². The largest absolute Gasteiger partial charge is 0.480 e. The fourth-order valence-corrected chi connectivity index (χ4v) is 2.44. The van der Waals surface area contributed by atoms with Crippen LogP contribution in [0.3, 0.4) is 0 Å². The SMILES string of the molecule is CSCC[C@@H](NC(=O)C1CCCC1)C(=O)O. The molecule has 1 amide bonds. The normalized spacial score (nSPS) is 18.3. The molecule has 1 fully saturated rings. The zero-order chi connectivity index (χ0) is 12.0. The lowest BCUT2D eigenvalue weighted by atomic mass is 10.1. The van der Waals surface area contributed by atoms with Crippen molar-refractivity contribution in [2.75, 3.05) is 12.0 Å². The molecule has 4 nitrogen and oxygen atoms in total. The van der Waals surface area contributed by atoms with Crippen LogP contribution in [0.15, 0.2) is 0 Å². The van der Waals surface area contributed by atoms with Crippen LogP contribution in [0, 0.1) is 5.92 Å². The molecule has 2 N–H and O–H groups in total. The van der Waals surface area contributed by atoms with Gasteiger partial charge in [0.05, 0.1) is 0 Å². The van der Waals surface area contributed by atoms with Crippen molar-refractivity contribution in [2.45, 2.75) is 38.1 Å². The third kappa shape index (κ3) is 4.04. The minimum absolute atomic E-state index is 0.0381. The van der Waals surface area contributed by atoms with Crippen LogP contribution >= 0.6 is 11.8 Å². The Kier molecular flexibility index (Phi) is 5.66. The van der Waals surface area contributed by atoms with Crippen LogP contribution in [0.25, 0.3) is 0 Å². The minimum Gasteiger partial charge on any atom is -0.480 e. The fourth-order valence-electron chi connectivity index (χ4n) is 1.97. The first-order valence-corrected chi connectivity index (χ1v) is 7.06. The first kappa shape index (κ1) is 13.4. The molecule has 1 saturated carbocycles. The summed E-state index contributed by atoms with van der Waals surface area (Å²) in [5.74, 6) is -0.218. The Labute approximate surface area is 100 Å². The highest BCUT2D eigenvalue weighted by atomic mass is 32.2. The van der Waals surface area contributed by atoms with Gasteiger partial charge in [0.2, 0.25) is 5.91 Å². The van der Waals surface area contributed by atoms with E-state index in [0.29, 0.717) is 6.42 Å². The van der Waals surface area contributed by atoms with Gasteiger partial charge in [-0.2, -0.15) is 11.8 Å². The van der Waals surface area contributed by atoms with Crippen molar-refractivity contribution in [1.82, 2.24) is 5.32 Å². The average molecular weight is 245 g/mol. The molecule has 0 unspecified atom stereocenters. The van der Waals surface area contributed by atoms with Crippen LogP contribution in [-0.2, 0) is 9.59 Å². The number of rotatable bonds is 6. The number of carboxylic acid groups (broad SMARTS) is 1. The quantitative estimate of drug-likeness (QED) is 0.744. The highest BCUT2D eigenvalue weighted by Crippen LogP contribution is 2.24. The summed E-state index contributed by atoms with van der Waals surface area (Å²) in [7, 11) is 0. The van der Waals surface area contributed by atoms with Crippen LogP contribution in [0.2, 0.25) is 0 Å². The van der Waals surface area contributed by atoms with Crippen molar-refractivity contribution in [3.8, 4) is 0 Å². The van der Waals surface area contributed by atoms with E-state index in [0.717, 1.165) is 31.4 Å². The fraction of sp³-hybridized carbons (Fsp3) is 0.818. The van der Waals surface area contributed by atoms with E-state index in [1.807, 2.05) is 6.26 Å². The van der Waals surface area contributed by atoms with E-state index in [2.05, 4.69) is 5.32 Å². The zero-order valence-electron chi connectivity index (χ0n) is 9.57. The van der Waals surface area contributed by atoms with E-state index in [1.165, 1.54) is 0 Å². The van der Waals surface area contributed by atoms with Crippen LogP contribution in [0.4, 0.5) is 0 Å². The monoisotopic (exact) mass is 245 g/mol. The summed E-state index contributed by atoms with van der Waals surface area (Å²) in [6.07, 6.45) is 6.40. The maximum atomic E-state index is 11.7. The van der Waals surface area contributed by atoms with E-state index in [9.17, 15) is 9.59 Å². The van der Waals surface area contributed by atoms with Crippen LogP contribution in [-0.4, -0.2) is 35.0 Å². The molecule has 1 aliphatic carbocycles. The van der Waals surface area contributed by atoms with Crippen LogP contribution in [0.5, 0.6) is 0 Å². The van der Waals surface area contributed by atoms with E-state index in [1.54, 1.807) is 11.8 Å². The average Bonchev–Trinajstić information content (AvgIpc) is 2.76. The number of amides is 1. The van der Waals surface area contributed by atoms with Gasteiger partial charge in [0.1, 0.15) is 6.04 Å². The summed E-state index contributed by atoms with van der Waals surface area (Å²) in [5, 5.41) is 11.6. The highest BCUT2D eigenvalue weighted by Gasteiger charge is 2.26. The van der Waals surface area contributed by atoms with Gasteiger partial charge in [-0.25, -0.2) is 4.79 Å². The number of carboxylic acids is 1. The van der Waals surface area contributed by atoms with Gasteiger partial charge in [0.25, 0.3) is 0 Å². The van der Waals surface area contributed by atoms with Crippen LogP contribution in [0.1, 0.15) is 32.1 Å². The lowest BCUT2D eigenvalue weighted by Gasteiger charge is -2.16. The third-order valence-electron chi connectivity index (χ3n) is 2.95. The van der Waals surface area contributed by atoms with E-state index in [-0.39, 0.29) is 11.8 Å². The van der Waals surface area contributed by atoms with Crippen molar-refractivity contribution >= 4 is 23.6 Å². The van der Waals surface area contributed by atoms with Crippen molar-refractivity contribution in [1.29, 1.82) is 0 Å². The molecule has 0 aromatic heterocycles. The second-order valence-corrected chi connectivity index (χ2v) is 5.15. The second kappa shape index (κ2) is 6.78. The molecule has 5 heteroatoms. The van der Waals surface area contributed by atoms with Gasteiger partial charge in [-0.3, -0.25) is 4.79 Å². The molecule has 1 atom stereocenters. The Morgan fingerprint density at radius 2 is 2.06 bits per heavy atom. The lowest BCUT2D eigenvalue weighted by Crippen LogP contribution is -2.43. The minimum atomic E-state index is -0.930. The summed E-state index contributed by atoms with van der Waals surface area (Å²) in [6, 6.07) is -0.722. The first-order valence-electron chi connectivity index (χ1n) is 5.67. The van der Waals surface area contributed by atoms with Gasteiger partial charge in [-0.05, 0) is 31.3 Å². The van der Waals surface area contributed by atoms with E-state index < -0.39 is 12.0 Å². The van der Waals surface area contributed by atoms with Crippen molar-refractivity contribution < 1.29 is 14.7 Å². The van der Waals surface area contributed by atoms with E-state index in [4.69, 9.17) is 5.11 Å². The molecule has 16 heavy (non-hydrogen) atoms. The molecule has 0 heterocycles. The molecular weight excluding hydrogens is 226 g/mol. The molecule has 0 aliphatic heterocycles. The number of aliphatic carboxylic acids is 1. The summed E-state index contributed by atoms with van der Waals surface area (Å²) < 4.78 is 0. The first-order chi connectivity index (χ1) is 7.65. The molecule has 0 aromatic carbocycles. The molecule has 0 aromatic rings. The van der Waals surface area contributed by atoms with Crippen molar-refractivity contribution in [3.63, 3.8) is 0 Å². The molecule has 0 saturated heterocycles. The van der Waals surface area contributed by atoms with Gasteiger partial charge < -0.3 is 10.4 Å². The van der Waals surface area contributed by atoms with Gasteiger partial charge in [0.15, 0.2) is 0 Å². The van der Waals surface area contributed by atoms with Gasteiger partial charge in [-0.1, -0.05) is 12.8 Å². The Bertz CT molecular complexity index is 252. The molecular formula is C11H19NO3S. The standard InChI is InChI=1S/C11H19NO3S/c1-16-7-6-9(11(14)15)12-10(13)8-4-2-3-5-8/h8-9H,2-7H2,1H3,(H,12,13)(H,14,15)/t9-/m1/s1. The number of hydrogen-bond donors (Lipinski definition) is 2. The Balaban J connectivity index is 2.40.